The Bertz CT molecular complexity index is 1290. The number of nitrogens with one attached hydrogen (secondary N) is 1. The molecule has 37 heavy (non-hydrogen) atoms. The fourth-order valence-electron chi connectivity index (χ4n) is 4.18. The lowest BCUT2D eigenvalue weighted by Crippen LogP contribution is -2.49. The van der Waals surface area contributed by atoms with Gasteiger partial charge >= 0.3 is 6.09 Å². The van der Waals surface area contributed by atoms with Crippen LogP contribution in [0.5, 0.6) is 5.75 Å². The number of halogens is 2. The molecule has 2 N–H and O–H groups in total. The van der Waals surface area contributed by atoms with E-state index in [1.807, 2.05) is 22.6 Å². The van der Waals surface area contributed by atoms with Crippen molar-refractivity contribution in [3.63, 3.8) is 0 Å². The highest BCUT2D eigenvalue weighted by molar-refractivity contribution is 14.1. The summed E-state index contributed by atoms with van der Waals surface area (Å²) in [5, 5.41) is 16.3. The van der Waals surface area contributed by atoms with Crippen LogP contribution in [0.2, 0.25) is 0 Å². The van der Waals surface area contributed by atoms with Gasteiger partial charge in [0.1, 0.15) is 17.7 Å². The number of hydrogen-bond acceptors (Lipinski definition) is 7. The maximum Gasteiger partial charge on any atom is 0.414 e. The molecule has 12 nitrogen and oxygen atoms in total. The maximum absolute atomic E-state index is 15.1. The van der Waals surface area contributed by atoms with Crippen molar-refractivity contribution < 1.29 is 28.6 Å². The molecule has 1 unspecified atom stereocenters. The maximum atomic E-state index is 15.1. The van der Waals surface area contributed by atoms with Gasteiger partial charge in [-0.1, -0.05) is 5.11 Å². The second kappa shape index (κ2) is 11.1. The van der Waals surface area contributed by atoms with Crippen molar-refractivity contribution in [1.29, 1.82) is 0 Å². The third-order valence-electron chi connectivity index (χ3n) is 6.05. The van der Waals surface area contributed by atoms with E-state index in [4.69, 9.17) is 10.3 Å². The number of piperazine rings is 1. The molecule has 0 spiro atoms. The molecule has 2 aromatic carbocycles. The number of amides is 3. The minimum atomic E-state index is -0.611. The molecule has 0 radical (unpaired) electrons. The van der Waals surface area contributed by atoms with E-state index in [-0.39, 0.29) is 41.9 Å². The van der Waals surface area contributed by atoms with Crippen LogP contribution in [0.3, 0.4) is 0 Å². The Morgan fingerprint density at radius 3 is 2.65 bits per heavy atom. The minimum Gasteiger partial charge on any atom is -0.507 e. The van der Waals surface area contributed by atoms with E-state index in [1.54, 1.807) is 21.9 Å². The molecule has 14 heteroatoms. The molecular formula is C23H23FIN7O5. The van der Waals surface area contributed by atoms with E-state index < -0.39 is 18.0 Å². The van der Waals surface area contributed by atoms with Crippen LogP contribution in [0.1, 0.15) is 17.3 Å². The number of aromatic hydroxyl groups is 1. The smallest absolute Gasteiger partial charge is 0.414 e. The number of hydrogen-bond donors (Lipinski definition) is 2. The van der Waals surface area contributed by atoms with Gasteiger partial charge in [-0.2, -0.15) is 0 Å². The average molecular weight is 623 g/mol. The highest BCUT2D eigenvalue weighted by Crippen LogP contribution is 2.32. The molecule has 2 saturated heterocycles. The number of benzene rings is 2. The second-order valence-corrected chi connectivity index (χ2v) is 9.64. The monoisotopic (exact) mass is 623 g/mol. The van der Waals surface area contributed by atoms with Crippen LogP contribution in [0.25, 0.3) is 10.4 Å². The Morgan fingerprint density at radius 1 is 1.27 bits per heavy atom. The molecular weight excluding hydrogens is 600 g/mol. The normalized spacial score (nSPS) is 17.3. The van der Waals surface area contributed by atoms with E-state index in [9.17, 15) is 19.5 Å². The molecule has 194 valence electrons. The Kier molecular flexibility index (Phi) is 7.88. The summed E-state index contributed by atoms with van der Waals surface area (Å²) in [5.74, 6) is -1.41. The quantitative estimate of drug-likeness (QED) is 0.218. The first-order chi connectivity index (χ1) is 17.7. The molecule has 0 saturated carbocycles. The van der Waals surface area contributed by atoms with Crippen molar-refractivity contribution in [1.82, 2.24) is 10.2 Å². The van der Waals surface area contributed by atoms with Gasteiger partial charge in [0.15, 0.2) is 0 Å². The number of phenols is 1. The van der Waals surface area contributed by atoms with Gasteiger partial charge in [0, 0.05) is 41.6 Å². The average Bonchev–Trinajstić information content (AvgIpc) is 3.25. The van der Waals surface area contributed by atoms with E-state index in [0.29, 0.717) is 41.1 Å². The minimum absolute atomic E-state index is 0.0968. The number of azide groups is 1. The summed E-state index contributed by atoms with van der Waals surface area (Å²) in [7, 11) is 0. The zero-order valence-corrected chi connectivity index (χ0v) is 21.9. The largest absolute Gasteiger partial charge is 0.507 e. The van der Waals surface area contributed by atoms with Crippen LogP contribution < -0.4 is 15.1 Å². The molecule has 4 rings (SSSR count). The highest BCUT2D eigenvalue weighted by atomic mass is 127. The number of carbonyl (C=O) groups excluding carboxylic acids is 3. The first kappa shape index (κ1) is 26.3. The van der Waals surface area contributed by atoms with E-state index in [1.165, 1.54) is 30.0 Å². The predicted molar refractivity (Wildman–Crippen MR) is 140 cm³/mol. The van der Waals surface area contributed by atoms with Gasteiger partial charge in [-0.15, -0.1) is 0 Å². The molecule has 0 bridgehead atoms. The second-order valence-electron chi connectivity index (χ2n) is 8.48. The Morgan fingerprint density at radius 2 is 2.00 bits per heavy atom. The third kappa shape index (κ3) is 5.80. The van der Waals surface area contributed by atoms with Crippen molar-refractivity contribution >= 4 is 57.6 Å². The van der Waals surface area contributed by atoms with Crippen molar-refractivity contribution in [2.45, 2.75) is 13.0 Å². The van der Waals surface area contributed by atoms with Crippen molar-refractivity contribution in [3.05, 3.63) is 55.7 Å². The van der Waals surface area contributed by atoms with Crippen LogP contribution in [0.4, 0.5) is 26.2 Å². The number of rotatable bonds is 6. The molecule has 1 atom stereocenters. The first-order valence-electron chi connectivity index (χ1n) is 11.3. The highest BCUT2D eigenvalue weighted by Gasteiger charge is 2.33. The van der Waals surface area contributed by atoms with E-state index in [2.05, 4.69) is 15.3 Å². The molecule has 2 aliphatic heterocycles. The molecule has 2 aromatic rings. The lowest BCUT2D eigenvalue weighted by molar-refractivity contribution is -0.119. The number of cyclic esters (lactones) is 1. The molecule has 0 aromatic heterocycles. The fourth-order valence-corrected chi connectivity index (χ4v) is 4.76. The van der Waals surface area contributed by atoms with Gasteiger partial charge in [-0.3, -0.25) is 14.5 Å². The van der Waals surface area contributed by atoms with Crippen molar-refractivity contribution in [2.24, 2.45) is 5.11 Å². The fraction of sp³-hybridized carbons (Fsp3) is 0.348. The molecule has 2 aliphatic rings. The summed E-state index contributed by atoms with van der Waals surface area (Å²) >= 11 is 1.92. The summed E-state index contributed by atoms with van der Waals surface area (Å²) in [5.41, 5.74) is 9.63. The van der Waals surface area contributed by atoms with Crippen LogP contribution in [0.15, 0.2) is 35.4 Å². The van der Waals surface area contributed by atoms with Gasteiger partial charge in [0.2, 0.25) is 5.91 Å². The summed E-state index contributed by atoms with van der Waals surface area (Å²) < 4.78 is 20.8. The summed E-state index contributed by atoms with van der Waals surface area (Å²) in [4.78, 5) is 43.7. The molecule has 3 amide bonds. The SMILES string of the molecule is CC(=O)NCC1CN(c2ccc(N3CCN(C(=O)c4cc(I)c(N=[N+]=[N-])cc4O)CC3)c(F)c2)C(=O)O1. The molecule has 2 fully saturated rings. The van der Waals surface area contributed by atoms with Crippen molar-refractivity contribution in [2.75, 3.05) is 49.1 Å². The van der Waals surface area contributed by atoms with Crippen LogP contribution in [0, 0.1) is 9.39 Å². The lowest BCUT2D eigenvalue weighted by atomic mass is 10.1. The van der Waals surface area contributed by atoms with Gasteiger partial charge in [0.25, 0.3) is 5.91 Å². The van der Waals surface area contributed by atoms with Crippen molar-refractivity contribution in [3.8, 4) is 5.75 Å². The van der Waals surface area contributed by atoms with Gasteiger partial charge in [-0.25, -0.2) is 9.18 Å². The Labute approximate surface area is 224 Å². The topological polar surface area (TPSA) is 151 Å². The number of phenolic OH excluding ortho intramolecular Hbond substituents is 1. The standard InChI is InChI=1S/C23H23FIN7O5/c1-13(33)27-11-15-12-32(23(36)37-15)14-2-3-20(17(24)8-14)30-4-6-31(7-5-30)22(35)16-9-18(25)19(28-29-26)10-21(16)34/h2-3,8-10,15,34H,4-7,11-12H2,1H3,(H,27,33). The lowest BCUT2D eigenvalue weighted by Gasteiger charge is -2.36. The van der Waals surface area contributed by atoms with Crippen LogP contribution in [-0.2, 0) is 9.53 Å². The Hall–Kier alpha value is -3.78. The number of carbonyl (C=O) groups is 3. The number of anilines is 2. The van der Waals surface area contributed by atoms with Crippen LogP contribution >= 0.6 is 22.6 Å². The third-order valence-corrected chi connectivity index (χ3v) is 6.92. The van der Waals surface area contributed by atoms with E-state index in [0.717, 1.165) is 0 Å². The van der Waals surface area contributed by atoms with E-state index >= 15 is 4.39 Å². The zero-order chi connectivity index (χ0) is 26.7. The molecule has 0 aliphatic carbocycles. The summed E-state index contributed by atoms with van der Waals surface area (Å²) in [6.07, 6.45) is -1.14. The molecule has 2 heterocycles. The number of nitrogens with zero attached hydrogens (tertiary/aromatic N) is 6. The summed E-state index contributed by atoms with van der Waals surface area (Å²) in [6, 6.07) is 7.19. The van der Waals surface area contributed by atoms with Crippen LogP contribution in [-0.4, -0.2) is 73.3 Å². The van der Waals surface area contributed by atoms with Gasteiger partial charge < -0.3 is 25.0 Å². The first-order valence-corrected chi connectivity index (χ1v) is 12.4. The van der Waals surface area contributed by atoms with Gasteiger partial charge in [-0.05, 0) is 58.5 Å². The zero-order valence-electron chi connectivity index (χ0n) is 19.7. The summed E-state index contributed by atoms with van der Waals surface area (Å²) in [6.45, 7) is 3.06. The van der Waals surface area contributed by atoms with Gasteiger partial charge in [0.05, 0.1) is 35.7 Å². The Balaban J connectivity index is 1.39. The predicted octanol–water partition coefficient (Wildman–Crippen LogP) is 3.50. The number of ether oxygens (including phenoxy) is 1.